The number of benzene rings is 2. The number of nitrogens with zero attached hydrogens (tertiary/aromatic N) is 3. The van der Waals surface area contributed by atoms with Crippen LogP contribution in [0.15, 0.2) is 53.9 Å². The fraction of sp³-hybridized carbons (Fsp3) is 0.158. The first-order chi connectivity index (χ1) is 13.0. The van der Waals surface area contributed by atoms with Crippen molar-refractivity contribution in [3.8, 4) is 5.69 Å². The zero-order valence-corrected chi connectivity index (χ0v) is 15.9. The first-order valence-corrected chi connectivity index (χ1v) is 9.66. The van der Waals surface area contributed by atoms with Gasteiger partial charge in [-0.15, -0.1) is 10.2 Å². The molecule has 0 unspecified atom stereocenters. The molecule has 0 saturated heterocycles. The Labute approximate surface area is 164 Å². The number of fused-ring (bicyclic) bond motifs is 1. The molecular formula is C19H15ClN4O2S. The second kappa shape index (κ2) is 7.17. The van der Waals surface area contributed by atoms with Gasteiger partial charge in [-0.3, -0.25) is 14.2 Å². The summed E-state index contributed by atoms with van der Waals surface area (Å²) in [7, 11) is 0. The summed E-state index contributed by atoms with van der Waals surface area (Å²) in [5.41, 5.74) is 3.05. The van der Waals surface area contributed by atoms with Crippen molar-refractivity contribution in [1.82, 2.24) is 14.8 Å². The van der Waals surface area contributed by atoms with Crippen LogP contribution in [0.5, 0.6) is 0 Å². The number of thioether (sulfide) groups is 1. The molecule has 0 saturated carbocycles. The molecule has 1 aromatic heterocycles. The topological polar surface area (TPSA) is 76.9 Å². The number of carbonyl (C=O) groups is 2. The number of aromatic nitrogens is 3. The van der Waals surface area contributed by atoms with E-state index in [0.717, 1.165) is 16.9 Å². The maximum absolute atomic E-state index is 12.6. The highest BCUT2D eigenvalue weighted by Gasteiger charge is 2.27. The van der Waals surface area contributed by atoms with E-state index in [2.05, 4.69) is 15.5 Å². The van der Waals surface area contributed by atoms with Gasteiger partial charge in [0.25, 0.3) is 0 Å². The minimum atomic E-state index is -0.244. The van der Waals surface area contributed by atoms with Crippen molar-refractivity contribution in [2.75, 3.05) is 11.1 Å². The Kier molecular flexibility index (Phi) is 4.72. The highest BCUT2D eigenvalue weighted by atomic mass is 35.5. The van der Waals surface area contributed by atoms with Gasteiger partial charge in [0, 0.05) is 16.3 Å². The van der Waals surface area contributed by atoms with Crippen molar-refractivity contribution < 1.29 is 9.59 Å². The van der Waals surface area contributed by atoms with Gasteiger partial charge in [0.1, 0.15) is 6.33 Å². The smallest absolute Gasteiger partial charge is 0.231 e. The largest absolute Gasteiger partial charge is 0.325 e. The first-order valence-electron chi connectivity index (χ1n) is 8.29. The zero-order chi connectivity index (χ0) is 19.0. The van der Waals surface area contributed by atoms with Crippen molar-refractivity contribution in [3.05, 3.63) is 64.9 Å². The molecule has 27 heavy (non-hydrogen) atoms. The molecule has 0 aliphatic carbocycles. The second-order valence-corrected chi connectivity index (χ2v) is 7.57. The highest BCUT2D eigenvalue weighted by molar-refractivity contribution is 7.99. The molecule has 8 heteroatoms. The number of rotatable bonds is 5. The molecule has 6 nitrogen and oxygen atoms in total. The Morgan fingerprint density at radius 3 is 2.96 bits per heavy atom. The van der Waals surface area contributed by atoms with Crippen LogP contribution in [0.1, 0.15) is 28.8 Å². The predicted molar refractivity (Wildman–Crippen MR) is 105 cm³/mol. The Bertz CT molecular complexity index is 1050. The average molecular weight is 399 g/mol. The van der Waals surface area contributed by atoms with Gasteiger partial charge in [0.2, 0.25) is 5.91 Å². The van der Waals surface area contributed by atoms with Crippen LogP contribution in [0.4, 0.5) is 5.69 Å². The second-order valence-electron chi connectivity index (χ2n) is 6.19. The summed E-state index contributed by atoms with van der Waals surface area (Å²) in [5, 5.41) is 12.1. The molecule has 3 aromatic rings. The molecule has 2 aromatic carbocycles. The molecule has 0 spiro atoms. The van der Waals surface area contributed by atoms with Crippen LogP contribution < -0.4 is 5.32 Å². The van der Waals surface area contributed by atoms with Crippen molar-refractivity contribution >= 4 is 40.7 Å². The van der Waals surface area contributed by atoms with E-state index in [-0.39, 0.29) is 23.4 Å². The quantitative estimate of drug-likeness (QED) is 0.520. The summed E-state index contributed by atoms with van der Waals surface area (Å²) >= 11 is 7.35. The number of ketones is 1. The Morgan fingerprint density at radius 1 is 1.30 bits per heavy atom. The molecular weight excluding hydrogens is 384 g/mol. The summed E-state index contributed by atoms with van der Waals surface area (Å²) < 4.78 is 1.79. The van der Waals surface area contributed by atoms with Crippen molar-refractivity contribution in [1.29, 1.82) is 0 Å². The number of anilines is 1. The summed E-state index contributed by atoms with van der Waals surface area (Å²) in [6.07, 6.45) is 1.59. The van der Waals surface area contributed by atoms with Crippen LogP contribution in [0.2, 0.25) is 5.02 Å². The van der Waals surface area contributed by atoms with Gasteiger partial charge in [-0.1, -0.05) is 29.4 Å². The molecule has 1 amide bonds. The van der Waals surface area contributed by atoms with Gasteiger partial charge in [-0.25, -0.2) is 0 Å². The standard InChI is InChI=1S/C19H15ClN4O2S/c1-11-15-7-12(5-6-16(15)22-18(11)26)17(25)9-27-19-23-21-10-24(19)14-4-2-3-13(20)8-14/h2-8,10-11H,9H2,1H3,(H,22,26)/t11-/m1/s1. The normalized spacial score (nSPS) is 15.5. The lowest BCUT2D eigenvalue weighted by Gasteiger charge is -2.07. The van der Waals surface area contributed by atoms with E-state index >= 15 is 0 Å². The average Bonchev–Trinajstić information content (AvgIpc) is 3.24. The van der Waals surface area contributed by atoms with Crippen LogP contribution >= 0.6 is 23.4 Å². The van der Waals surface area contributed by atoms with Gasteiger partial charge in [-0.05, 0) is 48.9 Å². The Morgan fingerprint density at radius 2 is 2.15 bits per heavy atom. The van der Waals surface area contributed by atoms with E-state index < -0.39 is 0 Å². The molecule has 1 N–H and O–H groups in total. The van der Waals surface area contributed by atoms with Crippen molar-refractivity contribution in [3.63, 3.8) is 0 Å². The summed E-state index contributed by atoms with van der Waals surface area (Å²) in [6, 6.07) is 12.7. The maximum atomic E-state index is 12.6. The van der Waals surface area contributed by atoms with Crippen molar-refractivity contribution in [2.24, 2.45) is 0 Å². The summed E-state index contributed by atoms with van der Waals surface area (Å²) in [4.78, 5) is 24.4. The molecule has 0 radical (unpaired) electrons. The first kappa shape index (κ1) is 17.8. The van der Waals surface area contributed by atoms with Gasteiger partial charge in [0.15, 0.2) is 10.9 Å². The van der Waals surface area contributed by atoms with Crippen LogP contribution in [0.3, 0.4) is 0 Å². The number of hydrogen-bond acceptors (Lipinski definition) is 5. The lowest BCUT2D eigenvalue weighted by molar-refractivity contribution is -0.116. The van der Waals surface area contributed by atoms with Gasteiger partial charge < -0.3 is 5.32 Å². The molecule has 1 aliphatic heterocycles. The number of Topliss-reactive ketones (excluding diaryl/α,β-unsaturated/α-hetero) is 1. The maximum Gasteiger partial charge on any atom is 0.231 e. The third kappa shape index (κ3) is 3.48. The number of nitrogens with one attached hydrogen (secondary N) is 1. The molecule has 4 rings (SSSR count). The van der Waals surface area contributed by atoms with Gasteiger partial charge >= 0.3 is 0 Å². The van der Waals surface area contributed by atoms with Gasteiger partial charge in [-0.2, -0.15) is 0 Å². The lowest BCUT2D eigenvalue weighted by Crippen LogP contribution is -2.08. The molecule has 136 valence electrons. The molecule has 0 bridgehead atoms. The van der Waals surface area contributed by atoms with E-state index in [0.29, 0.717) is 15.7 Å². The fourth-order valence-electron chi connectivity index (χ4n) is 2.93. The van der Waals surface area contributed by atoms with Crippen molar-refractivity contribution in [2.45, 2.75) is 18.0 Å². The van der Waals surface area contributed by atoms with Crippen LogP contribution in [0.25, 0.3) is 5.69 Å². The Hall–Kier alpha value is -2.64. The van der Waals surface area contributed by atoms with E-state index in [1.54, 1.807) is 35.2 Å². The minimum Gasteiger partial charge on any atom is -0.325 e. The summed E-state index contributed by atoms with van der Waals surface area (Å²) in [6.45, 7) is 1.83. The van der Waals surface area contributed by atoms with Crippen LogP contribution in [-0.2, 0) is 4.79 Å². The van der Waals surface area contributed by atoms with Crippen LogP contribution in [0, 0.1) is 0 Å². The molecule has 1 atom stereocenters. The lowest BCUT2D eigenvalue weighted by atomic mass is 9.99. The monoisotopic (exact) mass is 398 g/mol. The third-order valence-corrected chi connectivity index (χ3v) is 5.60. The van der Waals surface area contributed by atoms with Crippen LogP contribution in [-0.4, -0.2) is 32.2 Å². The minimum absolute atomic E-state index is 0.0324. The fourth-order valence-corrected chi connectivity index (χ4v) is 3.94. The number of hydrogen-bond donors (Lipinski definition) is 1. The molecule has 2 heterocycles. The van der Waals surface area contributed by atoms with Gasteiger partial charge in [0.05, 0.1) is 17.4 Å². The highest BCUT2D eigenvalue weighted by Crippen LogP contribution is 2.33. The SMILES string of the molecule is C[C@H]1C(=O)Nc2ccc(C(=O)CSc3nncn3-c3cccc(Cl)c3)cc21. The van der Waals surface area contributed by atoms with E-state index in [4.69, 9.17) is 11.6 Å². The number of carbonyl (C=O) groups excluding carboxylic acids is 2. The number of halogens is 1. The van der Waals surface area contributed by atoms with E-state index in [9.17, 15) is 9.59 Å². The van der Waals surface area contributed by atoms with E-state index in [1.807, 2.05) is 25.1 Å². The zero-order valence-electron chi connectivity index (χ0n) is 14.3. The molecule has 1 aliphatic rings. The summed E-state index contributed by atoms with van der Waals surface area (Å²) in [5.74, 6) is -0.103. The predicted octanol–water partition coefficient (Wildman–Crippen LogP) is 3.95. The number of amides is 1. The Balaban J connectivity index is 1.50. The van der Waals surface area contributed by atoms with E-state index in [1.165, 1.54) is 11.8 Å². The molecule has 0 fully saturated rings. The third-order valence-electron chi connectivity index (χ3n) is 4.43.